The minimum atomic E-state index is 0.170. The number of carbonyl (C=O) groups is 1. The van der Waals surface area contributed by atoms with Crippen LogP contribution in [-0.2, 0) is 6.54 Å². The maximum atomic E-state index is 12.9. The largest absolute Gasteiger partial charge is 0.338 e. The van der Waals surface area contributed by atoms with Crippen molar-refractivity contribution in [1.29, 1.82) is 0 Å². The molecule has 2 aliphatic carbocycles. The van der Waals surface area contributed by atoms with Gasteiger partial charge in [0.2, 0.25) is 0 Å². The molecule has 3 fully saturated rings. The minimum absolute atomic E-state index is 0.170. The summed E-state index contributed by atoms with van der Waals surface area (Å²) in [5, 5.41) is 4.39. The fraction of sp³-hybridized carbons (Fsp3) is 0.500. The highest BCUT2D eigenvalue weighted by Gasteiger charge is 2.52. The number of carbonyl (C=O) groups excluding carboxylic acids is 1. The van der Waals surface area contributed by atoms with Gasteiger partial charge in [-0.15, -0.1) is 0 Å². The first-order valence-corrected chi connectivity index (χ1v) is 9.13. The van der Waals surface area contributed by atoms with Crippen LogP contribution in [0.25, 0.3) is 0 Å². The Morgan fingerprint density at radius 3 is 2.50 bits per heavy atom. The van der Waals surface area contributed by atoms with E-state index in [0.717, 1.165) is 42.3 Å². The predicted octanol–water partition coefficient (Wildman–Crippen LogP) is 3.05. The monoisotopic (exact) mass is 321 g/mol. The zero-order valence-electron chi connectivity index (χ0n) is 13.8. The van der Waals surface area contributed by atoms with Gasteiger partial charge < -0.3 is 4.90 Å². The second-order valence-corrected chi connectivity index (χ2v) is 7.78. The first-order chi connectivity index (χ1) is 11.8. The molecule has 1 saturated heterocycles. The minimum Gasteiger partial charge on any atom is -0.338 e. The lowest BCUT2D eigenvalue weighted by Crippen LogP contribution is -2.30. The molecule has 1 amide bonds. The topological polar surface area (TPSA) is 38.1 Å². The summed E-state index contributed by atoms with van der Waals surface area (Å²) in [7, 11) is 0. The summed E-state index contributed by atoms with van der Waals surface area (Å²) >= 11 is 0. The summed E-state index contributed by atoms with van der Waals surface area (Å²) in [6.07, 6.45) is 7.84. The lowest BCUT2D eigenvalue weighted by Gasteiger charge is -2.22. The SMILES string of the molecule is O=C(c1cnn(Cc2ccccc2)c1)N1C[C@@H]2[C@@H]3CC[C@@H](C3)[C@@H]2C1. The maximum absolute atomic E-state index is 12.9. The van der Waals surface area contributed by atoms with Crippen molar-refractivity contribution < 1.29 is 4.79 Å². The number of hydrogen-bond acceptors (Lipinski definition) is 2. The van der Waals surface area contributed by atoms with Gasteiger partial charge in [-0.2, -0.15) is 5.10 Å². The van der Waals surface area contributed by atoms with Crippen molar-refractivity contribution in [1.82, 2.24) is 14.7 Å². The summed E-state index contributed by atoms with van der Waals surface area (Å²) in [5.74, 6) is 3.49. The smallest absolute Gasteiger partial charge is 0.257 e. The van der Waals surface area contributed by atoms with E-state index < -0.39 is 0 Å². The second-order valence-electron chi connectivity index (χ2n) is 7.78. The van der Waals surface area contributed by atoms with E-state index in [2.05, 4.69) is 22.1 Å². The molecule has 0 spiro atoms. The van der Waals surface area contributed by atoms with E-state index in [9.17, 15) is 4.79 Å². The van der Waals surface area contributed by atoms with Crippen LogP contribution in [0.2, 0.25) is 0 Å². The van der Waals surface area contributed by atoms with Crippen LogP contribution in [0.5, 0.6) is 0 Å². The van der Waals surface area contributed by atoms with Crippen molar-refractivity contribution >= 4 is 5.91 Å². The summed E-state index contributed by atoms with van der Waals surface area (Å²) < 4.78 is 1.86. The van der Waals surface area contributed by atoms with E-state index in [-0.39, 0.29) is 5.91 Å². The van der Waals surface area contributed by atoms with Gasteiger partial charge in [-0.1, -0.05) is 30.3 Å². The summed E-state index contributed by atoms with van der Waals surface area (Å²) in [6, 6.07) is 10.2. The quantitative estimate of drug-likeness (QED) is 0.871. The van der Waals surface area contributed by atoms with Crippen LogP contribution in [0.15, 0.2) is 42.7 Å². The molecule has 0 unspecified atom stereocenters. The number of fused-ring (bicyclic) bond motifs is 5. The van der Waals surface area contributed by atoms with Crippen LogP contribution in [0.4, 0.5) is 0 Å². The Hall–Kier alpha value is -2.10. The number of amides is 1. The molecular weight excluding hydrogens is 298 g/mol. The molecule has 2 aromatic rings. The lowest BCUT2D eigenvalue weighted by atomic mass is 9.82. The van der Waals surface area contributed by atoms with E-state index in [1.807, 2.05) is 29.1 Å². The number of likely N-dealkylation sites (tertiary alicyclic amines) is 1. The summed E-state index contributed by atoms with van der Waals surface area (Å²) in [6.45, 7) is 2.65. The summed E-state index contributed by atoms with van der Waals surface area (Å²) in [4.78, 5) is 14.9. The van der Waals surface area contributed by atoms with Gasteiger partial charge in [0.05, 0.1) is 18.3 Å². The Labute approximate surface area is 142 Å². The maximum Gasteiger partial charge on any atom is 0.257 e. The van der Waals surface area contributed by atoms with Crippen molar-refractivity contribution in [2.24, 2.45) is 23.7 Å². The zero-order chi connectivity index (χ0) is 16.1. The molecule has 4 heteroatoms. The number of benzene rings is 1. The van der Waals surface area contributed by atoms with Crippen LogP contribution in [0.1, 0.15) is 35.2 Å². The van der Waals surface area contributed by atoms with Crippen LogP contribution in [0, 0.1) is 23.7 Å². The van der Waals surface area contributed by atoms with Crippen molar-refractivity contribution in [3.8, 4) is 0 Å². The van der Waals surface area contributed by atoms with Crippen molar-refractivity contribution in [3.05, 3.63) is 53.9 Å². The zero-order valence-corrected chi connectivity index (χ0v) is 13.8. The van der Waals surface area contributed by atoms with E-state index in [1.54, 1.807) is 6.20 Å². The van der Waals surface area contributed by atoms with Crippen molar-refractivity contribution in [3.63, 3.8) is 0 Å². The van der Waals surface area contributed by atoms with Gasteiger partial charge in [0.1, 0.15) is 0 Å². The molecule has 0 radical (unpaired) electrons. The normalized spacial score (nSPS) is 30.8. The third-order valence-corrected chi connectivity index (χ3v) is 6.49. The highest BCUT2D eigenvalue weighted by atomic mass is 16.2. The molecule has 124 valence electrons. The number of rotatable bonds is 3. The lowest BCUT2D eigenvalue weighted by molar-refractivity contribution is 0.0776. The highest BCUT2D eigenvalue weighted by molar-refractivity contribution is 5.94. The van der Waals surface area contributed by atoms with Crippen molar-refractivity contribution in [2.75, 3.05) is 13.1 Å². The third kappa shape index (κ3) is 2.27. The molecule has 2 saturated carbocycles. The van der Waals surface area contributed by atoms with Gasteiger partial charge in [0.15, 0.2) is 0 Å². The Bertz CT molecular complexity index is 735. The van der Waals surface area contributed by atoms with E-state index in [0.29, 0.717) is 6.54 Å². The Morgan fingerprint density at radius 1 is 1.08 bits per heavy atom. The molecule has 4 atom stereocenters. The molecule has 1 aliphatic heterocycles. The van der Waals surface area contributed by atoms with Gasteiger partial charge in [-0.25, -0.2) is 0 Å². The fourth-order valence-electron chi connectivity index (χ4n) is 5.36. The predicted molar refractivity (Wildman–Crippen MR) is 91.5 cm³/mol. The molecule has 5 rings (SSSR count). The first-order valence-electron chi connectivity index (χ1n) is 9.13. The molecule has 2 heterocycles. The Balaban J connectivity index is 1.28. The van der Waals surface area contributed by atoms with Crippen molar-refractivity contribution in [2.45, 2.75) is 25.8 Å². The Kier molecular flexibility index (Phi) is 3.25. The number of aromatic nitrogens is 2. The highest BCUT2D eigenvalue weighted by Crippen LogP contribution is 2.55. The van der Waals surface area contributed by atoms with Gasteiger partial charge in [-0.3, -0.25) is 9.48 Å². The average Bonchev–Trinajstić information content (AvgIpc) is 3.36. The second kappa shape index (κ2) is 5.47. The fourth-order valence-corrected chi connectivity index (χ4v) is 5.36. The van der Waals surface area contributed by atoms with Gasteiger partial charge >= 0.3 is 0 Å². The number of nitrogens with zero attached hydrogens (tertiary/aromatic N) is 3. The van der Waals surface area contributed by atoms with E-state index >= 15 is 0 Å². The van der Waals surface area contributed by atoms with Crippen LogP contribution in [0.3, 0.4) is 0 Å². The molecular formula is C20H23N3O. The van der Waals surface area contributed by atoms with Crippen LogP contribution < -0.4 is 0 Å². The molecule has 1 aromatic heterocycles. The molecule has 1 aromatic carbocycles. The van der Waals surface area contributed by atoms with E-state index in [1.165, 1.54) is 24.8 Å². The molecule has 4 nitrogen and oxygen atoms in total. The van der Waals surface area contributed by atoms with Gasteiger partial charge in [0, 0.05) is 19.3 Å². The van der Waals surface area contributed by atoms with Gasteiger partial charge in [-0.05, 0) is 48.5 Å². The van der Waals surface area contributed by atoms with Crippen LogP contribution >= 0.6 is 0 Å². The third-order valence-electron chi connectivity index (χ3n) is 6.49. The Morgan fingerprint density at radius 2 is 1.79 bits per heavy atom. The first kappa shape index (κ1) is 14.3. The van der Waals surface area contributed by atoms with E-state index in [4.69, 9.17) is 0 Å². The average molecular weight is 321 g/mol. The molecule has 2 bridgehead atoms. The van der Waals surface area contributed by atoms with Crippen LogP contribution in [-0.4, -0.2) is 33.7 Å². The summed E-state index contributed by atoms with van der Waals surface area (Å²) in [5.41, 5.74) is 1.94. The number of hydrogen-bond donors (Lipinski definition) is 0. The van der Waals surface area contributed by atoms with Gasteiger partial charge in [0.25, 0.3) is 5.91 Å². The molecule has 3 aliphatic rings. The molecule has 24 heavy (non-hydrogen) atoms. The standard InChI is InChI=1S/C20H23N3O/c24-20(22-12-18-15-6-7-16(8-15)19(18)13-22)17-9-21-23(11-17)10-14-4-2-1-3-5-14/h1-5,9,11,15-16,18-19H,6-8,10,12-13H2/t15-,16+,18-,19+. The molecule has 0 N–H and O–H groups in total.